The van der Waals surface area contributed by atoms with E-state index in [0.717, 1.165) is 63.5 Å². The van der Waals surface area contributed by atoms with Gasteiger partial charge in [0.1, 0.15) is 17.5 Å². The van der Waals surface area contributed by atoms with E-state index < -0.39 is 0 Å². The van der Waals surface area contributed by atoms with Crippen LogP contribution in [0.25, 0.3) is 0 Å². The van der Waals surface area contributed by atoms with Gasteiger partial charge in [-0.1, -0.05) is 0 Å². The lowest BCUT2D eigenvalue weighted by atomic mass is 9.98. The minimum Gasteiger partial charge on any atom is -0.396 e. The van der Waals surface area contributed by atoms with E-state index in [9.17, 15) is 5.11 Å². The molecule has 156 valence electrons. The molecule has 29 heavy (non-hydrogen) atoms. The summed E-state index contributed by atoms with van der Waals surface area (Å²) >= 11 is 0. The Balaban J connectivity index is 1.50. The largest absolute Gasteiger partial charge is 0.396 e. The predicted octanol–water partition coefficient (Wildman–Crippen LogP) is 0.743. The van der Waals surface area contributed by atoms with Crippen LogP contribution in [0.2, 0.25) is 0 Å². The summed E-state index contributed by atoms with van der Waals surface area (Å²) in [6.45, 7) is 10.1. The van der Waals surface area contributed by atoms with Gasteiger partial charge < -0.3 is 24.5 Å². The summed E-state index contributed by atoms with van der Waals surface area (Å²) < 4.78 is 5.44. The van der Waals surface area contributed by atoms with Crippen LogP contribution >= 0.6 is 0 Å². The van der Waals surface area contributed by atoms with Crippen molar-refractivity contribution in [3.8, 4) is 0 Å². The van der Waals surface area contributed by atoms with Gasteiger partial charge in [0.05, 0.1) is 25.4 Å². The first-order valence-corrected chi connectivity index (χ1v) is 10.2. The molecule has 2 aromatic rings. The molecule has 2 aliphatic heterocycles. The summed E-state index contributed by atoms with van der Waals surface area (Å²) in [5.74, 6) is 3.31. The van der Waals surface area contributed by atoms with E-state index in [2.05, 4.69) is 43.5 Å². The molecule has 0 aromatic carbocycles. The fourth-order valence-corrected chi connectivity index (χ4v) is 3.97. The number of nitrogens with zero attached hydrogens (tertiary/aromatic N) is 7. The zero-order valence-electron chi connectivity index (χ0n) is 17.2. The first-order valence-electron chi connectivity index (χ1n) is 10.2. The van der Waals surface area contributed by atoms with Gasteiger partial charge in [0.15, 0.2) is 0 Å². The highest BCUT2D eigenvalue weighted by Gasteiger charge is 2.35. The Morgan fingerprint density at radius 3 is 2.48 bits per heavy atom. The van der Waals surface area contributed by atoms with E-state index in [0.29, 0.717) is 12.2 Å². The van der Waals surface area contributed by atoms with Crippen molar-refractivity contribution in [2.45, 2.75) is 25.8 Å². The molecule has 0 bridgehead atoms. The normalized spacial score (nSPS) is 19.5. The van der Waals surface area contributed by atoms with E-state index in [1.165, 1.54) is 0 Å². The Labute approximate surface area is 171 Å². The number of hydrogen-bond donors (Lipinski definition) is 1. The Morgan fingerprint density at radius 1 is 0.966 bits per heavy atom. The first-order chi connectivity index (χ1) is 14.1. The quantitative estimate of drug-likeness (QED) is 0.782. The van der Waals surface area contributed by atoms with Gasteiger partial charge in [-0.15, -0.1) is 0 Å². The van der Waals surface area contributed by atoms with Crippen LogP contribution < -0.4 is 14.7 Å². The average Bonchev–Trinajstić information content (AvgIpc) is 2.74. The van der Waals surface area contributed by atoms with Crippen molar-refractivity contribution >= 4 is 17.6 Å². The molecule has 0 atom stereocenters. The molecule has 0 amide bonds. The van der Waals surface area contributed by atoms with Crippen LogP contribution in [-0.2, 0) is 11.2 Å². The average molecular weight is 399 g/mol. The molecule has 2 aliphatic rings. The fraction of sp³-hybridized carbons (Fsp3) is 0.600. The molecule has 1 N–H and O–H groups in total. The van der Waals surface area contributed by atoms with Gasteiger partial charge in [-0.05, 0) is 26.0 Å². The van der Waals surface area contributed by atoms with Crippen molar-refractivity contribution < 1.29 is 9.84 Å². The molecule has 0 unspecified atom stereocenters. The number of aromatic nitrogens is 4. The summed E-state index contributed by atoms with van der Waals surface area (Å²) in [6, 6.07) is 3.93. The van der Waals surface area contributed by atoms with Crippen LogP contribution in [0, 0.1) is 0 Å². The molecule has 4 heterocycles. The summed E-state index contributed by atoms with van der Waals surface area (Å²) in [5, 5.41) is 9.18. The van der Waals surface area contributed by atoms with Gasteiger partial charge >= 0.3 is 0 Å². The van der Waals surface area contributed by atoms with Gasteiger partial charge in [-0.3, -0.25) is 0 Å². The third-order valence-electron chi connectivity index (χ3n) is 5.45. The molecule has 0 spiro atoms. The second-order valence-electron chi connectivity index (χ2n) is 8.00. The third-order valence-corrected chi connectivity index (χ3v) is 5.45. The van der Waals surface area contributed by atoms with E-state index >= 15 is 0 Å². The number of anilines is 3. The molecule has 0 saturated carbocycles. The van der Waals surface area contributed by atoms with Crippen LogP contribution in [-0.4, -0.2) is 83.1 Å². The van der Waals surface area contributed by atoms with E-state index in [4.69, 9.17) is 9.72 Å². The van der Waals surface area contributed by atoms with Gasteiger partial charge in [-0.25, -0.2) is 15.0 Å². The number of aliphatic hydroxyl groups excluding tert-OH is 1. The highest BCUT2D eigenvalue weighted by atomic mass is 16.5. The molecule has 2 saturated heterocycles. The number of hydrogen-bond acceptors (Lipinski definition) is 9. The Bertz CT molecular complexity index is 826. The maximum atomic E-state index is 9.18. The Morgan fingerprint density at radius 2 is 1.72 bits per heavy atom. The summed E-state index contributed by atoms with van der Waals surface area (Å²) in [7, 11) is 0. The molecule has 9 nitrogen and oxygen atoms in total. The molecule has 4 rings (SSSR count). The van der Waals surface area contributed by atoms with Gasteiger partial charge in [-0.2, -0.15) is 4.98 Å². The van der Waals surface area contributed by atoms with Crippen LogP contribution in [0.1, 0.15) is 19.7 Å². The lowest BCUT2D eigenvalue weighted by molar-refractivity contribution is 0.122. The fourth-order valence-electron chi connectivity index (χ4n) is 3.97. The Hall–Kier alpha value is -2.52. The van der Waals surface area contributed by atoms with Crippen molar-refractivity contribution in [1.29, 1.82) is 0 Å². The molecule has 0 radical (unpaired) electrons. The maximum absolute atomic E-state index is 9.18. The number of aliphatic hydroxyl groups is 1. The minimum atomic E-state index is -0.132. The van der Waals surface area contributed by atoms with Crippen molar-refractivity contribution in [1.82, 2.24) is 19.9 Å². The summed E-state index contributed by atoms with van der Waals surface area (Å²) in [4.78, 5) is 25.0. The van der Waals surface area contributed by atoms with E-state index in [-0.39, 0.29) is 12.1 Å². The zero-order chi connectivity index (χ0) is 20.3. The molecule has 2 fully saturated rings. The standard InChI is InChI=1S/C20H29N7O2/c1-20(2)15-26(8-9-27(20)18-4-6-21-16(23-18)5-12-28)17-3-7-22-19(24-17)25-10-13-29-14-11-25/h3-4,6-7,28H,5,8-15H2,1-2H3. The second kappa shape index (κ2) is 8.46. The summed E-state index contributed by atoms with van der Waals surface area (Å²) in [5.41, 5.74) is -0.132. The Kier molecular flexibility index (Phi) is 5.77. The monoisotopic (exact) mass is 399 g/mol. The minimum absolute atomic E-state index is 0.0554. The van der Waals surface area contributed by atoms with Crippen molar-refractivity contribution in [3.63, 3.8) is 0 Å². The number of morpholine rings is 1. The lowest BCUT2D eigenvalue weighted by Crippen LogP contribution is -2.60. The molecular formula is C20H29N7O2. The topological polar surface area (TPSA) is 90.7 Å². The SMILES string of the molecule is CC1(C)CN(c2ccnc(N3CCOCC3)n2)CCN1c1ccnc(CCO)n1. The smallest absolute Gasteiger partial charge is 0.227 e. The zero-order valence-corrected chi connectivity index (χ0v) is 17.2. The van der Waals surface area contributed by atoms with Crippen LogP contribution in [0.15, 0.2) is 24.5 Å². The third kappa shape index (κ3) is 4.40. The molecule has 0 aliphatic carbocycles. The van der Waals surface area contributed by atoms with Crippen molar-refractivity contribution in [2.24, 2.45) is 0 Å². The number of ether oxygens (including phenoxy) is 1. The van der Waals surface area contributed by atoms with Crippen LogP contribution in [0.5, 0.6) is 0 Å². The highest BCUT2D eigenvalue weighted by molar-refractivity contribution is 5.50. The van der Waals surface area contributed by atoms with Gasteiger partial charge in [0, 0.05) is 51.5 Å². The predicted molar refractivity (Wildman–Crippen MR) is 112 cm³/mol. The van der Waals surface area contributed by atoms with Crippen LogP contribution in [0.3, 0.4) is 0 Å². The van der Waals surface area contributed by atoms with Crippen LogP contribution in [0.4, 0.5) is 17.6 Å². The van der Waals surface area contributed by atoms with E-state index in [1.54, 1.807) is 6.20 Å². The summed E-state index contributed by atoms with van der Waals surface area (Å²) in [6.07, 6.45) is 4.09. The highest BCUT2D eigenvalue weighted by Crippen LogP contribution is 2.29. The molecular weight excluding hydrogens is 370 g/mol. The van der Waals surface area contributed by atoms with Gasteiger partial charge in [0.2, 0.25) is 5.95 Å². The van der Waals surface area contributed by atoms with Crippen molar-refractivity contribution in [2.75, 3.05) is 67.2 Å². The number of rotatable bonds is 5. The second-order valence-corrected chi connectivity index (χ2v) is 8.00. The van der Waals surface area contributed by atoms with E-state index in [1.807, 2.05) is 18.3 Å². The first kappa shape index (κ1) is 19.8. The van der Waals surface area contributed by atoms with Gasteiger partial charge in [0.25, 0.3) is 0 Å². The molecule has 9 heteroatoms. The lowest BCUT2D eigenvalue weighted by Gasteiger charge is -2.48. The number of piperazine rings is 1. The maximum Gasteiger partial charge on any atom is 0.227 e. The van der Waals surface area contributed by atoms with Crippen molar-refractivity contribution in [3.05, 3.63) is 30.4 Å². The molecule has 2 aromatic heterocycles.